The number of aryl methyl sites for hydroxylation is 1. The van der Waals surface area contributed by atoms with Crippen LogP contribution in [0.5, 0.6) is 5.75 Å². The third-order valence-electron chi connectivity index (χ3n) is 4.70. The standard InChI is InChI=1S/C23H22O4/c1-16-3-9-19(10-4-16)23(26,20-11-13-21(27-2)14-12-20)22(25)18-7-5-17(15-24)6-8-18/h3-14,24,26H,15H2,1-2H3. The number of rotatable bonds is 6. The molecule has 0 aliphatic carbocycles. The summed E-state index contributed by atoms with van der Waals surface area (Å²) in [6.45, 7) is 1.85. The fraction of sp³-hybridized carbons (Fsp3) is 0.174. The maximum Gasteiger partial charge on any atom is 0.203 e. The molecule has 0 radical (unpaired) electrons. The van der Waals surface area contributed by atoms with Gasteiger partial charge in [0.05, 0.1) is 13.7 Å². The minimum Gasteiger partial charge on any atom is -0.497 e. The zero-order chi connectivity index (χ0) is 19.4. The SMILES string of the molecule is COc1ccc(C(O)(C(=O)c2ccc(CO)cc2)c2ccc(C)cc2)cc1. The number of aliphatic hydroxyl groups is 2. The number of carbonyl (C=O) groups is 1. The summed E-state index contributed by atoms with van der Waals surface area (Å²) in [4.78, 5) is 13.4. The summed E-state index contributed by atoms with van der Waals surface area (Å²) in [5, 5.41) is 20.8. The average molecular weight is 362 g/mol. The van der Waals surface area contributed by atoms with E-state index >= 15 is 0 Å². The number of Topliss-reactive ketones (excluding diaryl/α,β-unsaturated/α-hetero) is 1. The van der Waals surface area contributed by atoms with Gasteiger partial charge in [-0.15, -0.1) is 0 Å². The predicted octanol–water partition coefficient (Wildman–Crippen LogP) is 3.61. The van der Waals surface area contributed by atoms with Gasteiger partial charge in [-0.3, -0.25) is 4.79 Å². The molecule has 1 atom stereocenters. The third-order valence-corrected chi connectivity index (χ3v) is 4.70. The van der Waals surface area contributed by atoms with Gasteiger partial charge in [0, 0.05) is 5.56 Å². The molecule has 3 rings (SSSR count). The van der Waals surface area contributed by atoms with E-state index in [1.807, 2.05) is 19.1 Å². The molecule has 0 saturated heterocycles. The summed E-state index contributed by atoms with van der Waals surface area (Å²) in [5.41, 5.74) is 1.23. The van der Waals surface area contributed by atoms with Crippen LogP contribution in [0.15, 0.2) is 72.8 Å². The van der Waals surface area contributed by atoms with E-state index in [0.29, 0.717) is 28.0 Å². The minimum absolute atomic E-state index is 0.102. The maximum atomic E-state index is 13.4. The maximum absolute atomic E-state index is 13.4. The van der Waals surface area contributed by atoms with Crippen molar-refractivity contribution in [3.05, 3.63) is 101 Å². The van der Waals surface area contributed by atoms with Crippen LogP contribution in [0.4, 0.5) is 0 Å². The molecule has 0 aliphatic heterocycles. The fourth-order valence-electron chi connectivity index (χ4n) is 3.03. The Kier molecular flexibility index (Phi) is 5.40. The average Bonchev–Trinajstić information content (AvgIpc) is 2.73. The van der Waals surface area contributed by atoms with Crippen LogP contribution in [0.25, 0.3) is 0 Å². The molecule has 0 aromatic heterocycles. The molecule has 3 aromatic carbocycles. The van der Waals surface area contributed by atoms with Crippen molar-refractivity contribution in [2.45, 2.75) is 19.1 Å². The van der Waals surface area contributed by atoms with E-state index in [4.69, 9.17) is 4.74 Å². The van der Waals surface area contributed by atoms with Crippen LogP contribution in [0, 0.1) is 6.92 Å². The van der Waals surface area contributed by atoms with E-state index in [0.717, 1.165) is 5.56 Å². The first-order valence-corrected chi connectivity index (χ1v) is 8.67. The first kappa shape index (κ1) is 18.8. The van der Waals surface area contributed by atoms with Crippen LogP contribution in [-0.2, 0) is 12.2 Å². The minimum atomic E-state index is -1.83. The Bertz CT molecular complexity index is 912. The summed E-state index contributed by atoms with van der Waals surface area (Å²) in [5.74, 6) is 0.214. The van der Waals surface area contributed by atoms with Gasteiger partial charge in [0.15, 0.2) is 5.60 Å². The summed E-state index contributed by atoms with van der Waals surface area (Å²) >= 11 is 0. The largest absolute Gasteiger partial charge is 0.497 e. The van der Waals surface area contributed by atoms with Crippen LogP contribution in [0.3, 0.4) is 0 Å². The molecule has 0 bridgehead atoms. The zero-order valence-corrected chi connectivity index (χ0v) is 15.3. The highest BCUT2D eigenvalue weighted by Gasteiger charge is 2.40. The highest BCUT2D eigenvalue weighted by molar-refractivity contribution is 6.05. The van der Waals surface area contributed by atoms with E-state index in [-0.39, 0.29) is 6.61 Å². The molecule has 0 saturated carbocycles. The Morgan fingerprint density at radius 2 is 1.41 bits per heavy atom. The van der Waals surface area contributed by atoms with Gasteiger partial charge in [-0.2, -0.15) is 0 Å². The summed E-state index contributed by atoms with van der Waals surface area (Å²) < 4.78 is 5.18. The lowest BCUT2D eigenvalue weighted by Gasteiger charge is -2.28. The molecule has 0 heterocycles. The topological polar surface area (TPSA) is 66.8 Å². The lowest BCUT2D eigenvalue weighted by molar-refractivity contribution is 0.0487. The monoisotopic (exact) mass is 362 g/mol. The van der Waals surface area contributed by atoms with Gasteiger partial charge in [0.1, 0.15) is 5.75 Å². The van der Waals surface area contributed by atoms with Crippen molar-refractivity contribution in [3.63, 3.8) is 0 Å². The van der Waals surface area contributed by atoms with Crippen molar-refractivity contribution >= 4 is 5.78 Å². The Hall–Kier alpha value is -2.95. The van der Waals surface area contributed by atoms with Gasteiger partial charge < -0.3 is 14.9 Å². The molecule has 1 unspecified atom stereocenters. The Balaban J connectivity index is 2.13. The van der Waals surface area contributed by atoms with E-state index < -0.39 is 11.4 Å². The molecule has 2 N–H and O–H groups in total. The number of methoxy groups -OCH3 is 1. The van der Waals surface area contributed by atoms with Gasteiger partial charge in [-0.1, -0.05) is 66.2 Å². The van der Waals surface area contributed by atoms with Crippen molar-refractivity contribution in [2.75, 3.05) is 7.11 Å². The number of hydrogen-bond acceptors (Lipinski definition) is 4. The van der Waals surface area contributed by atoms with Crippen LogP contribution < -0.4 is 4.74 Å². The number of aliphatic hydroxyl groups excluding tert-OH is 1. The Morgan fingerprint density at radius 1 is 0.889 bits per heavy atom. The fourth-order valence-corrected chi connectivity index (χ4v) is 3.03. The number of carbonyl (C=O) groups excluding carboxylic acids is 1. The third kappa shape index (κ3) is 3.63. The highest BCUT2D eigenvalue weighted by Crippen LogP contribution is 2.34. The van der Waals surface area contributed by atoms with Crippen molar-refractivity contribution in [3.8, 4) is 5.75 Å². The van der Waals surface area contributed by atoms with E-state index in [9.17, 15) is 15.0 Å². The number of ether oxygens (including phenoxy) is 1. The van der Waals surface area contributed by atoms with Gasteiger partial charge in [0.25, 0.3) is 0 Å². The second-order valence-corrected chi connectivity index (χ2v) is 6.49. The quantitative estimate of drug-likeness (QED) is 0.658. The summed E-state index contributed by atoms with van der Waals surface area (Å²) in [6.07, 6.45) is 0. The second kappa shape index (κ2) is 7.74. The predicted molar refractivity (Wildman–Crippen MR) is 104 cm³/mol. The van der Waals surface area contributed by atoms with Crippen LogP contribution in [0.2, 0.25) is 0 Å². The number of hydrogen-bond donors (Lipinski definition) is 2. The Labute approximate surface area is 158 Å². The molecule has 27 heavy (non-hydrogen) atoms. The zero-order valence-electron chi connectivity index (χ0n) is 15.3. The van der Waals surface area contributed by atoms with Crippen LogP contribution in [0.1, 0.15) is 32.6 Å². The second-order valence-electron chi connectivity index (χ2n) is 6.49. The molecule has 0 aliphatic rings. The molecular weight excluding hydrogens is 340 g/mol. The first-order chi connectivity index (χ1) is 13.0. The lowest BCUT2D eigenvalue weighted by Crippen LogP contribution is -2.37. The molecule has 0 amide bonds. The lowest BCUT2D eigenvalue weighted by atomic mass is 9.80. The van der Waals surface area contributed by atoms with E-state index in [1.165, 1.54) is 0 Å². The smallest absolute Gasteiger partial charge is 0.203 e. The van der Waals surface area contributed by atoms with Crippen LogP contribution >= 0.6 is 0 Å². The van der Waals surface area contributed by atoms with Gasteiger partial charge in [-0.05, 0) is 35.7 Å². The Morgan fingerprint density at radius 3 is 1.89 bits per heavy atom. The van der Waals surface area contributed by atoms with Crippen LogP contribution in [-0.4, -0.2) is 23.1 Å². The van der Waals surface area contributed by atoms with Crippen molar-refractivity contribution in [2.24, 2.45) is 0 Å². The number of ketones is 1. The van der Waals surface area contributed by atoms with Gasteiger partial charge >= 0.3 is 0 Å². The molecule has 138 valence electrons. The van der Waals surface area contributed by atoms with E-state index in [1.54, 1.807) is 67.8 Å². The van der Waals surface area contributed by atoms with Crippen molar-refractivity contribution in [1.82, 2.24) is 0 Å². The van der Waals surface area contributed by atoms with Crippen molar-refractivity contribution < 1.29 is 19.7 Å². The summed E-state index contributed by atoms with van der Waals surface area (Å²) in [6, 6.07) is 20.7. The molecule has 4 heteroatoms. The molecule has 4 nitrogen and oxygen atoms in total. The first-order valence-electron chi connectivity index (χ1n) is 8.67. The normalized spacial score (nSPS) is 13.0. The van der Waals surface area contributed by atoms with Gasteiger partial charge in [0.2, 0.25) is 5.78 Å². The number of benzene rings is 3. The molecule has 0 fully saturated rings. The molecule has 0 spiro atoms. The van der Waals surface area contributed by atoms with Crippen molar-refractivity contribution in [1.29, 1.82) is 0 Å². The van der Waals surface area contributed by atoms with Gasteiger partial charge in [-0.25, -0.2) is 0 Å². The highest BCUT2D eigenvalue weighted by atomic mass is 16.5. The molecule has 3 aromatic rings. The molecular formula is C23H22O4. The van der Waals surface area contributed by atoms with E-state index in [2.05, 4.69) is 0 Å². The summed E-state index contributed by atoms with van der Waals surface area (Å²) in [7, 11) is 1.56.